The number of ether oxygens (including phenoxy) is 1. The van der Waals surface area contributed by atoms with Crippen LogP contribution < -0.4 is 22.4 Å². The average molecular weight is 643 g/mol. The Morgan fingerprint density at radius 1 is 1.07 bits per heavy atom. The van der Waals surface area contributed by atoms with Crippen LogP contribution in [0.25, 0.3) is 0 Å². The standard InChI is InChI=1S/C34H50N4O8/c1-32-14-11-22(46-29(41)10-8-27(39)38-26(30(42)43)4-3-17-37-31(35)36)18-21(32)6-7-25-24(32)12-15-33(2)23(13-16-34(25,33)44)20-5-9-28(40)45-19-20/h5,9,19,21-26,44H,3-4,6-8,10-18H2,1-2H3,(H,38,39)(H,42,43)(H4,35,36,37). The molecule has 0 aromatic carbocycles. The molecule has 1 aromatic heterocycles. The second-order valence-corrected chi connectivity index (χ2v) is 14.6. The summed E-state index contributed by atoms with van der Waals surface area (Å²) in [5.41, 5.74) is 10.2. The fourth-order valence-electron chi connectivity index (χ4n) is 9.88. The normalized spacial score (nSPS) is 35.5. The van der Waals surface area contributed by atoms with E-state index in [4.69, 9.17) is 20.6 Å². The molecule has 0 radical (unpaired) electrons. The molecule has 9 unspecified atom stereocenters. The summed E-state index contributed by atoms with van der Waals surface area (Å²) in [6.07, 6.45) is 9.54. The number of nitrogens with zero attached hydrogens (tertiary/aromatic N) is 1. The van der Waals surface area contributed by atoms with Crippen LogP contribution in [0.4, 0.5) is 0 Å². The Morgan fingerprint density at radius 3 is 2.54 bits per heavy atom. The number of aliphatic imine (C=N–C) groups is 1. The van der Waals surface area contributed by atoms with Gasteiger partial charge in [0.2, 0.25) is 5.91 Å². The van der Waals surface area contributed by atoms with Gasteiger partial charge in [0.05, 0.1) is 18.3 Å². The van der Waals surface area contributed by atoms with Gasteiger partial charge in [-0.25, -0.2) is 9.59 Å². The predicted molar refractivity (Wildman–Crippen MR) is 169 cm³/mol. The summed E-state index contributed by atoms with van der Waals surface area (Å²) in [7, 11) is 0. The van der Waals surface area contributed by atoms with Gasteiger partial charge < -0.3 is 36.2 Å². The van der Waals surface area contributed by atoms with E-state index in [1.54, 1.807) is 6.26 Å². The molecule has 1 aromatic rings. The van der Waals surface area contributed by atoms with Crippen molar-refractivity contribution in [3.8, 4) is 0 Å². The number of nitrogens with two attached hydrogens (primary N) is 2. The van der Waals surface area contributed by atoms with E-state index in [-0.39, 0.29) is 66.2 Å². The van der Waals surface area contributed by atoms with Gasteiger partial charge in [0.1, 0.15) is 12.1 Å². The lowest BCUT2D eigenvalue weighted by Crippen LogP contribution is -2.62. The molecule has 1 heterocycles. The second kappa shape index (κ2) is 13.4. The van der Waals surface area contributed by atoms with Crippen LogP contribution in [0.1, 0.15) is 109 Å². The van der Waals surface area contributed by atoms with E-state index < -0.39 is 29.5 Å². The SMILES string of the molecule is CC12CCC(OC(=O)CCC(=O)NC(CCCN=C(N)N)C(=O)O)CC1CCC1C2CCC2(C)C(c3ccc(=O)oc3)CCC12O. The number of guanidine groups is 1. The van der Waals surface area contributed by atoms with Crippen molar-refractivity contribution in [2.45, 2.75) is 121 Å². The number of aliphatic carboxylic acids is 1. The maximum atomic E-state index is 12.7. The molecule has 4 aliphatic carbocycles. The van der Waals surface area contributed by atoms with Crippen LogP contribution in [-0.2, 0) is 19.1 Å². The van der Waals surface area contributed by atoms with Gasteiger partial charge in [0.15, 0.2) is 5.96 Å². The highest BCUT2D eigenvalue weighted by molar-refractivity contribution is 5.85. The highest BCUT2D eigenvalue weighted by Crippen LogP contribution is 2.70. The molecule has 254 valence electrons. The number of carboxylic acid groups (broad SMARTS) is 1. The lowest BCUT2D eigenvalue weighted by Gasteiger charge is -2.63. The van der Waals surface area contributed by atoms with E-state index in [0.29, 0.717) is 18.3 Å². The van der Waals surface area contributed by atoms with E-state index in [1.165, 1.54) is 6.07 Å². The zero-order valence-electron chi connectivity index (χ0n) is 27.0. The number of rotatable bonds is 11. The number of carbonyl (C=O) groups excluding carboxylic acids is 2. The first-order valence-corrected chi connectivity index (χ1v) is 16.8. The molecular weight excluding hydrogens is 592 g/mol. The van der Waals surface area contributed by atoms with Crippen molar-refractivity contribution < 1.29 is 33.8 Å². The van der Waals surface area contributed by atoms with Crippen LogP contribution in [0.2, 0.25) is 0 Å². The van der Waals surface area contributed by atoms with Crippen molar-refractivity contribution >= 4 is 23.8 Å². The topological polar surface area (TPSA) is 208 Å². The third-order valence-corrected chi connectivity index (χ3v) is 12.4. The molecule has 0 saturated heterocycles. The number of fused-ring (bicyclic) bond motifs is 5. The Bertz CT molecular complexity index is 1370. The van der Waals surface area contributed by atoms with Gasteiger partial charge in [-0.15, -0.1) is 0 Å². The summed E-state index contributed by atoms with van der Waals surface area (Å²) in [6, 6.07) is 2.25. The number of hydrogen-bond acceptors (Lipinski definition) is 8. The minimum Gasteiger partial charge on any atom is -0.480 e. The third kappa shape index (κ3) is 6.55. The molecular formula is C34H50N4O8. The largest absolute Gasteiger partial charge is 0.480 e. The first-order valence-electron chi connectivity index (χ1n) is 16.8. The highest BCUT2D eigenvalue weighted by Gasteiger charge is 2.67. The van der Waals surface area contributed by atoms with E-state index >= 15 is 0 Å². The Balaban J connectivity index is 1.13. The van der Waals surface area contributed by atoms with Crippen molar-refractivity contribution in [3.05, 3.63) is 34.4 Å². The summed E-state index contributed by atoms with van der Waals surface area (Å²) >= 11 is 0. The summed E-state index contributed by atoms with van der Waals surface area (Å²) in [5.74, 6) is -1.09. The minimum absolute atomic E-state index is 0.0490. The Labute approximate surface area is 269 Å². The number of carboxylic acids is 1. The molecule has 9 atom stereocenters. The van der Waals surface area contributed by atoms with Crippen molar-refractivity contribution in [2.75, 3.05) is 6.54 Å². The van der Waals surface area contributed by atoms with Crippen LogP contribution in [-0.4, -0.2) is 58.3 Å². The Hall–Kier alpha value is -3.41. The van der Waals surface area contributed by atoms with Crippen molar-refractivity contribution in [1.29, 1.82) is 0 Å². The van der Waals surface area contributed by atoms with Crippen LogP contribution in [0, 0.1) is 28.6 Å². The number of nitrogens with one attached hydrogen (secondary N) is 1. The molecule has 0 aliphatic heterocycles. The second-order valence-electron chi connectivity index (χ2n) is 14.6. The molecule has 1 amide bonds. The predicted octanol–water partition coefficient (Wildman–Crippen LogP) is 3.20. The molecule has 46 heavy (non-hydrogen) atoms. The number of carbonyl (C=O) groups is 3. The number of esters is 1. The molecule has 4 fully saturated rings. The van der Waals surface area contributed by atoms with Gasteiger partial charge in [-0.1, -0.05) is 13.8 Å². The molecule has 0 spiro atoms. The molecule has 0 bridgehead atoms. The third-order valence-electron chi connectivity index (χ3n) is 12.4. The lowest BCUT2D eigenvalue weighted by molar-refractivity contribution is -0.207. The van der Waals surface area contributed by atoms with Crippen LogP contribution in [0.3, 0.4) is 0 Å². The zero-order chi connectivity index (χ0) is 33.3. The quantitative estimate of drug-likeness (QED) is 0.103. The fraction of sp³-hybridized carbons (Fsp3) is 0.735. The number of amides is 1. The van der Waals surface area contributed by atoms with Gasteiger partial charge in [-0.3, -0.25) is 14.6 Å². The molecule has 7 N–H and O–H groups in total. The monoisotopic (exact) mass is 642 g/mol. The summed E-state index contributed by atoms with van der Waals surface area (Å²) < 4.78 is 11.1. The maximum Gasteiger partial charge on any atom is 0.335 e. The van der Waals surface area contributed by atoms with Gasteiger partial charge in [0, 0.05) is 24.4 Å². The van der Waals surface area contributed by atoms with E-state index in [9.17, 15) is 29.4 Å². The number of aliphatic hydroxyl groups is 1. The van der Waals surface area contributed by atoms with Crippen molar-refractivity contribution in [3.63, 3.8) is 0 Å². The van der Waals surface area contributed by atoms with Crippen LogP contribution >= 0.6 is 0 Å². The lowest BCUT2D eigenvalue weighted by atomic mass is 9.43. The first kappa shape index (κ1) is 33.9. The van der Waals surface area contributed by atoms with Crippen molar-refractivity contribution in [1.82, 2.24) is 5.32 Å². The highest BCUT2D eigenvalue weighted by atomic mass is 16.5. The first-order chi connectivity index (χ1) is 21.8. The summed E-state index contributed by atoms with van der Waals surface area (Å²) in [4.78, 5) is 52.1. The zero-order valence-corrected chi connectivity index (χ0v) is 27.0. The average Bonchev–Trinajstić information content (AvgIpc) is 3.29. The van der Waals surface area contributed by atoms with Gasteiger partial charge in [-0.05, 0) is 111 Å². The van der Waals surface area contributed by atoms with Gasteiger partial charge in [0.25, 0.3) is 0 Å². The molecule has 4 aliphatic rings. The fourth-order valence-corrected chi connectivity index (χ4v) is 9.88. The Morgan fingerprint density at radius 2 is 1.85 bits per heavy atom. The van der Waals surface area contributed by atoms with Crippen molar-refractivity contribution in [2.24, 2.45) is 45.0 Å². The van der Waals surface area contributed by atoms with Gasteiger partial charge in [-0.2, -0.15) is 0 Å². The van der Waals surface area contributed by atoms with Crippen LogP contribution in [0.5, 0.6) is 0 Å². The molecule has 5 rings (SSSR count). The number of hydrogen-bond donors (Lipinski definition) is 5. The summed E-state index contributed by atoms with van der Waals surface area (Å²) in [6.45, 7) is 4.86. The minimum atomic E-state index is -1.16. The van der Waals surface area contributed by atoms with Gasteiger partial charge >= 0.3 is 17.6 Å². The van der Waals surface area contributed by atoms with E-state index in [2.05, 4.69) is 24.2 Å². The molecule has 12 nitrogen and oxygen atoms in total. The summed E-state index contributed by atoms with van der Waals surface area (Å²) in [5, 5.41) is 24.4. The smallest absolute Gasteiger partial charge is 0.335 e. The Kier molecular flexibility index (Phi) is 9.86. The molecule has 12 heteroatoms. The van der Waals surface area contributed by atoms with Crippen LogP contribution in [0.15, 0.2) is 32.6 Å². The maximum absolute atomic E-state index is 12.7. The molecule has 4 saturated carbocycles. The van der Waals surface area contributed by atoms with E-state index in [1.807, 2.05) is 6.07 Å². The van der Waals surface area contributed by atoms with E-state index in [0.717, 1.165) is 63.4 Å².